The molecule has 0 radical (unpaired) electrons. The average molecular weight is 217 g/mol. The maximum absolute atomic E-state index is 10.2. The lowest BCUT2D eigenvalue weighted by atomic mass is 10.3. The molecule has 0 aliphatic rings. The number of hydrogen-bond donors (Lipinski definition) is 4. The fourth-order valence-electron chi connectivity index (χ4n) is 0.627. The summed E-state index contributed by atoms with van der Waals surface area (Å²) in [5.74, 6) is 0.0941. The summed E-state index contributed by atoms with van der Waals surface area (Å²) < 4.78 is 0. The number of urea groups is 1. The van der Waals surface area contributed by atoms with Gasteiger partial charge in [0.2, 0.25) is 0 Å². The van der Waals surface area contributed by atoms with E-state index in [1.54, 1.807) is 0 Å². The smallest absolute Gasteiger partial charge is 0.312 e. The third kappa shape index (κ3) is 6.41. The van der Waals surface area contributed by atoms with Crippen molar-refractivity contribution < 1.29 is 14.7 Å². The summed E-state index contributed by atoms with van der Waals surface area (Å²) in [5, 5.41) is 14.5. The van der Waals surface area contributed by atoms with Gasteiger partial charge >= 0.3 is 6.03 Å². The number of nitrogens with two attached hydrogens (primary N) is 2. The molecule has 0 aliphatic carbocycles. The van der Waals surface area contributed by atoms with Crippen LogP contribution >= 0.6 is 0 Å². The van der Waals surface area contributed by atoms with Gasteiger partial charge < -0.3 is 26.7 Å². The summed E-state index contributed by atoms with van der Waals surface area (Å²) in [5.41, 5.74) is 10.2. The molecule has 8 nitrogen and oxygen atoms in total. The Morgan fingerprint density at radius 3 is 2.80 bits per heavy atom. The van der Waals surface area contributed by atoms with Crippen molar-refractivity contribution >= 4 is 18.6 Å². The van der Waals surface area contributed by atoms with Crippen LogP contribution in [0.1, 0.15) is 0 Å². The minimum absolute atomic E-state index is 0.0941. The number of rotatable bonds is 6. The maximum atomic E-state index is 10.2. The molecular formula is C7H15N5O3. The largest absolute Gasteiger partial charge is 0.394 e. The Bertz CT molecular complexity index is 243. The Balaban J connectivity index is 3.81. The van der Waals surface area contributed by atoms with Gasteiger partial charge in [0.15, 0.2) is 5.84 Å². The van der Waals surface area contributed by atoms with Crippen LogP contribution in [0, 0.1) is 0 Å². The van der Waals surface area contributed by atoms with Gasteiger partial charge in [-0.05, 0) is 6.72 Å². The summed E-state index contributed by atoms with van der Waals surface area (Å²) in [4.78, 5) is 18.5. The van der Waals surface area contributed by atoms with E-state index in [0.29, 0.717) is 0 Å². The number of hydrogen-bond acceptors (Lipinski definition) is 5. The van der Waals surface area contributed by atoms with Crippen molar-refractivity contribution in [2.75, 3.05) is 19.8 Å². The Kier molecular flexibility index (Phi) is 6.85. The van der Waals surface area contributed by atoms with Crippen LogP contribution in [0.5, 0.6) is 0 Å². The lowest BCUT2D eigenvalue weighted by Gasteiger charge is -2.06. The van der Waals surface area contributed by atoms with Crippen molar-refractivity contribution in [3.63, 3.8) is 0 Å². The number of aliphatic imine (C=N–C) groups is 1. The van der Waals surface area contributed by atoms with Crippen LogP contribution < -0.4 is 16.8 Å². The normalized spacial score (nSPS) is 13.1. The Hall–Kier alpha value is -1.67. The molecule has 1 atom stereocenters. The Labute approximate surface area is 87.0 Å². The number of nitrogens with zero attached hydrogens (tertiary/aromatic N) is 2. The fraction of sp³-hybridized carbons (Fsp3) is 0.571. The first-order chi connectivity index (χ1) is 7.11. The van der Waals surface area contributed by atoms with Gasteiger partial charge in [0, 0.05) is 0 Å². The molecule has 0 saturated heterocycles. The van der Waals surface area contributed by atoms with Crippen LogP contribution in [0.4, 0.5) is 4.79 Å². The van der Waals surface area contributed by atoms with Crippen molar-refractivity contribution in [3.8, 4) is 0 Å². The SMILES string of the molecule is C=N/C(=N\OCCNC(N)=O)[C@@H](N)CO. The Morgan fingerprint density at radius 1 is 1.67 bits per heavy atom. The van der Waals surface area contributed by atoms with Gasteiger partial charge in [0.25, 0.3) is 0 Å². The van der Waals surface area contributed by atoms with Crippen LogP contribution in [0.3, 0.4) is 0 Å². The van der Waals surface area contributed by atoms with Crippen molar-refractivity contribution in [3.05, 3.63) is 0 Å². The third-order valence-corrected chi connectivity index (χ3v) is 1.34. The van der Waals surface area contributed by atoms with Crippen LogP contribution in [0.2, 0.25) is 0 Å². The monoisotopic (exact) mass is 217 g/mol. The second-order valence-corrected chi connectivity index (χ2v) is 2.52. The van der Waals surface area contributed by atoms with Crippen LogP contribution in [-0.2, 0) is 4.84 Å². The van der Waals surface area contributed by atoms with Gasteiger partial charge in [0.1, 0.15) is 6.61 Å². The molecule has 0 unspecified atom stereocenters. The van der Waals surface area contributed by atoms with Crippen molar-refractivity contribution in [1.82, 2.24) is 5.32 Å². The zero-order valence-corrected chi connectivity index (χ0v) is 8.22. The van der Waals surface area contributed by atoms with Crippen LogP contribution in [-0.4, -0.2) is 49.5 Å². The van der Waals surface area contributed by atoms with Gasteiger partial charge in [-0.25, -0.2) is 9.79 Å². The topological polar surface area (TPSA) is 135 Å². The average Bonchev–Trinajstić information content (AvgIpc) is 2.22. The highest BCUT2D eigenvalue weighted by atomic mass is 16.6. The molecular weight excluding hydrogens is 202 g/mol. The first-order valence-electron chi connectivity index (χ1n) is 4.18. The highest BCUT2D eigenvalue weighted by Gasteiger charge is 2.07. The van der Waals surface area contributed by atoms with E-state index >= 15 is 0 Å². The summed E-state index contributed by atoms with van der Waals surface area (Å²) in [7, 11) is 0. The third-order valence-electron chi connectivity index (χ3n) is 1.34. The lowest BCUT2D eigenvalue weighted by molar-refractivity contribution is 0.144. The molecule has 15 heavy (non-hydrogen) atoms. The van der Waals surface area contributed by atoms with E-state index in [-0.39, 0.29) is 25.6 Å². The second-order valence-electron chi connectivity index (χ2n) is 2.52. The molecule has 8 heteroatoms. The van der Waals surface area contributed by atoms with Gasteiger partial charge in [0.05, 0.1) is 19.2 Å². The highest BCUT2D eigenvalue weighted by molar-refractivity contribution is 5.90. The summed E-state index contributed by atoms with van der Waals surface area (Å²) >= 11 is 0. The zero-order chi connectivity index (χ0) is 11.7. The van der Waals surface area contributed by atoms with E-state index in [4.69, 9.17) is 21.4 Å². The molecule has 86 valence electrons. The minimum atomic E-state index is -0.730. The van der Waals surface area contributed by atoms with E-state index < -0.39 is 12.1 Å². The van der Waals surface area contributed by atoms with Crippen molar-refractivity contribution in [2.45, 2.75) is 6.04 Å². The molecule has 0 heterocycles. The molecule has 2 amide bonds. The number of oxime groups is 1. The fourth-order valence-corrected chi connectivity index (χ4v) is 0.627. The molecule has 0 aliphatic heterocycles. The van der Waals surface area contributed by atoms with Crippen molar-refractivity contribution in [1.29, 1.82) is 0 Å². The first kappa shape index (κ1) is 13.3. The van der Waals surface area contributed by atoms with Crippen molar-refractivity contribution in [2.24, 2.45) is 21.6 Å². The van der Waals surface area contributed by atoms with Gasteiger partial charge in [-0.2, -0.15) is 0 Å². The molecule has 0 aromatic carbocycles. The highest BCUT2D eigenvalue weighted by Crippen LogP contribution is 1.88. The number of aliphatic hydroxyl groups excluding tert-OH is 1. The molecule has 6 N–H and O–H groups in total. The number of carbonyl (C=O) groups is 1. The standard InChI is InChI=1S/C7H15N5O3/c1-10-6(5(8)4-13)12-15-3-2-11-7(9)14/h5,13H,1-4,8H2,(H3,9,11,14)/b12-6-/t5-/m0/s1. The molecule has 0 rings (SSSR count). The van der Waals surface area contributed by atoms with Gasteiger partial charge in [-0.15, -0.1) is 0 Å². The summed E-state index contributed by atoms with van der Waals surface area (Å²) in [6.07, 6.45) is 0. The van der Waals surface area contributed by atoms with Gasteiger partial charge in [-0.3, -0.25) is 0 Å². The first-order valence-corrected chi connectivity index (χ1v) is 4.18. The van der Waals surface area contributed by atoms with E-state index in [0.717, 1.165) is 0 Å². The molecule has 0 fully saturated rings. The Morgan fingerprint density at radius 2 is 2.33 bits per heavy atom. The number of primary amides is 1. The van der Waals surface area contributed by atoms with E-state index in [9.17, 15) is 4.79 Å². The molecule has 0 bridgehead atoms. The maximum Gasteiger partial charge on any atom is 0.312 e. The number of aliphatic hydroxyl groups is 1. The molecule has 0 saturated carbocycles. The van der Waals surface area contributed by atoms with E-state index in [1.165, 1.54) is 0 Å². The van der Waals surface area contributed by atoms with E-state index in [2.05, 4.69) is 22.2 Å². The quantitative estimate of drug-likeness (QED) is 0.177. The number of carbonyl (C=O) groups excluding carboxylic acids is 1. The van der Waals surface area contributed by atoms with Crippen LogP contribution in [0.15, 0.2) is 10.1 Å². The molecule has 0 aromatic heterocycles. The number of nitrogens with one attached hydrogen (secondary N) is 1. The summed E-state index contributed by atoms with van der Waals surface area (Å²) in [6.45, 7) is 3.26. The van der Waals surface area contributed by atoms with Crippen LogP contribution in [0.25, 0.3) is 0 Å². The van der Waals surface area contributed by atoms with Gasteiger partial charge in [-0.1, -0.05) is 5.16 Å². The predicted octanol–water partition coefficient (Wildman–Crippen LogP) is -1.99. The number of amidine groups is 1. The molecule has 0 spiro atoms. The molecule has 0 aromatic rings. The minimum Gasteiger partial charge on any atom is -0.394 e. The number of amides is 2. The van der Waals surface area contributed by atoms with E-state index in [1.807, 2.05) is 0 Å². The second kappa shape index (κ2) is 7.71. The summed E-state index contributed by atoms with van der Waals surface area (Å²) in [6, 6.07) is -1.37. The predicted molar refractivity (Wildman–Crippen MR) is 55.6 cm³/mol. The lowest BCUT2D eigenvalue weighted by Crippen LogP contribution is -2.34. The zero-order valence-electron chi connectivity index (χ0n) is 8.22.